The van der Waals surface area contributed by atoms with Crippen molar-refractivity contribution in [3.63, 3.8) is 0 Å². The van der Waals surface area contributed by atoms with E-state index in [1.807, 2.05) is 19.1 Å². The lowest BCUT2D eigenvalue weighted by atomic mass is 9.64. The van der Waals surface area contributed by atoms with Gasteiger partial charge < -0.3 is 10.6 Å². The van der Waals surface area contributed by atoms with Crippen LogP contribution in [0, 0.1) is 5.82 Å². The molecular weight excluding hydrogens is 341 g/mol. The van der Waals surface area contributed by atoms with E-state index in [-0.39, 0.29) is 28.8 Å². The summed E-state index contributed by atoms with van der Waals surface area (Å²) in [5, 5.41) is 6.46. The molecule has 138 valence electrons. The zero-order valence-electron chi connectivity index (χ0n) is 14.6. The highest BCUT2D eigenvalue weighted by Gasteiger charge is 2.38. The van der Waals surface area contributed by atoms with E-state index < -0.39 is 9.84 Å². The summed E-state index contributed by atoms with van der Waals surface area (Å²) in [4.78, 5) is 4.72. The van der Waals surface area contributed by atoms with Gasteiger partial charge in [0.1, 0.15) is 5.82 Å². The molecule has 2 fully saturated rings. The van der Waals surface area contributed by atoms with Crippen LogP contribution in [0.25, 0.3) is 0 Å². The van der Waals surface area contributed by atoms with Gasteiger partial charge in [0.05, 0.1) is 18.1 Å². The Kier molecular flexibility index (Phi) is 5.32. The number of guanidine groups is 1. The van der Waals surface area contributed by atoms with Crippen LogP contribution in [0.1, 0.15) is 38.2 Å². The maximum atomic E-state index is 13.2. The summed E-state index contributed by atoms with van der Waals surface area (Å²) in [6.45, 7) is 3.32. The molecule has 2 aliphatic rings. The number of sulfone groups is 1. The summed E-state index contributed by atoms with van der Waals surface area (Å²) in [6.07, 6.45) is 3.85. The van der Waals surface area contributed by atoms with Crippen LogP contribution < -0.4 is 10.6 Å². The minimum absolute atomic E-state index is 0.0300. The van der Waals surface area contributed by atoms with Crippen molar-refractivity contribution in [2.24, 2.45) is 4.99 Å². The summed E-state index contributed by atoms with van der Waals surface area (Å²) < 4.78 is 36.5. The Morgan fingerprint density at radius 1 is 1.32 bits per heavy atom. The van der Waals surface area contributed by atoms with Gasteiger partial charge in [0.2, 0.25) is 0 Å². The molecule has 1 aromatic rings. The van der Waals surface area contributed by atoms with Crippen LogP contribution in [0.3, 0.4) is 0 Å². The predicted molar refractivity (Wildman–Crippen MR) is 98.1 cm³/mol. The van der Waals surface area contributed by atoms with Gasteiger partial charge in [-0.05, 0) is 43.9 Å². The van der Waals surface area contributed by atoms with E-state index >= 15 is 0 Å². The lowest BCUT2D eigenvalue weighted by molar-refractivity contribution is 0.253. The Labute approximate surface area is 149 Å². The predicted octanol–water partition coefficient (Wildman–Crippen LogP) is 1.99. The number of aliphatic imine (C=N–C) groups is 1. The molecule has 1 atom stereocenters. The summed E-state index contributed by atoms with van der Waals surface area (Å²) in [6, 6.07) is 6.64. The summed E-state index contributed by atoms with van der Waals surface area (Å²) in [7, 11) is -2.92. The van der Waals surface area contributed by atoms with E-state index in [1.54, 1.807) is 0 Å². The molecule has 2 N–H and O–H groups in total. The van der Waals surface area contributed by atoms with E-state index in [9.17, 15) is 12.8 Å². The minimum Gasteiger partial charge on any atom is -0.357 e. The Morgan fingerprint density at radius 2 is 2.04 bits per heavy atom. The number of hydrogen-bond acceptors (Lipinski definition) is 3. The van der Waals surface area contributed by atoms with Crippen LogP contribution in [0.15, 0.2) is 29.3 Å². The first-order valence-electron chi connectivity index (χ1n) is 8.94. The third kappa shape index (κ3) is 4.32. The van der Waals surface area contributed by atoms with E-state index in [0.717, 1.165) is 31.4 Å². The first-order valence-corrected chi connectivity index (χ1v) is 10.8. The van der Waals surface area contributed by atoms with E-state index in [2.05, 4.69) is 10.6 Å². The second kappa shape index (κ2) is 7.32. The van der Waals surface area contributed by atoms with Crippen LogP contribution in [0.2, 0.25) is 0 Å². The van der Waals surface area contributed by atoms with E-state index in [4.69, 9.17) is 4.99 Å². The van der Waals surface area contributed by atoms with Crippen LogP contribution in [-0.4, -0.2) is 45.0 Å². The summed E-state index contributed by atoms with van der Waals surface area (Å²) >= 11 is 0. The van der Waals surface area contributed by atoms with Crippen molar-refractivity contribution < 1.29 is 12.8 Å². The average Bonchev–Trinajstić information content (AvgIpc) is 2.87. The van der Waals surface area contributed by atoms with Crippen molar-refractivity contribution in [2.75, 3.05) is 24.6 Å². The van der Waals surface area contributed by atoms with Crippen molar-refractivity contribution >= 4 is 15.8 Å². The number of hydrogen-bond donors (Lipinski definition) is 2. The van der Waals surface area contributed by atoms with Crippen molar-refractivity contribution in [3.8, 4) is 0 Å². The minimum atomic E-state index is -2.92. The molecule has 1 aromatic carbocycles. The molecule has 25 heavy (non-hydrogen) atoms. The van der Waals surface area contributed by atoms with Crippen LogP contribution >= 0.6 is 0 Å². The third-order valence-electron chi connectivity index (χ3n) is 5.22. The van der Waals surface area contributed by atoms with Gasteiger partial charge in [-0.3, -0.25) is 4.99 Å². The highest BCUT2D eigenvalue weighted by Crippen LogP contribution is 2.44. The molecular formula is C18H26FN3O2S. The molecule has 7 heteroatoms. The molecule has 0 amide bonds. The second-order valence-electron chi connectivity index (χ2n) is 7.08. The Hall–Kier alpha value is -1.63. The maximum Gasteiger partial charge on any atom is 0.191 e. The van der Waals surface area contributed by atoms with Gasteiger partial charge in [-0.15, -0.1) is 0 Å². The lowest BCUT2D eigenvalue weighted by Crippen LogP contribution is -2.45. The fourth-order valence-electron chi connectivity index (χ4n) is 3.60. The molecule has 1 saturated heterocycles. The normalized spacial score (nSPS) is 24.6. The number of nitrogens with one attached hydrogen (secondary N) is 2. The topological polar surface area (TPSA) is 70.6 Å². The van der Waals surface area contributed by atoms with Gasteiger partial charge in [0.25, 0.3) is 0 Å². The summed E-state index contributed by atoms with van der Waals surface area (Å²) in [5.74, 6) is 0.849. The molecule has 1 saturated carbocycles. The lowest BCUT2D eigenvalue weighted by Gasteiger charge is -2.41. The molecule has 3 rings (SSSR count). The van der Waals surface area contributed by atoms with Crippen molar-refractivity contribution in [1.82, 2.24) is 10.6 Å². The zero-order chi connectivity index (χ0) is 17.9. The molecule has 5 nitrogen and oxygen atoms in total. The molecule has 1 aliphatic heterocycles. The Balaban J connectivity index is 1.70. The van der Waals surface area contributed by atoms with E-state index in [1.165, 1.54) is 12.1 Å². The number of benzene rings is 1. The van der Waals surface area contributed by atoms with Gasteiger partial charge in [0, 0.05) is 18.0 Å². The Bertz CT molecular complexity index is 727. The standard InChI is InChI=1S/C18H26FN3O2S/c1-2-20-17(22-16-8-11-25(23,24)12-16)21-13-18(9-3-10-18)14-4-6-15(19)7-5-14/h4-7,16H,2-3,8-13H2,1H3,(H2,20,21,22). The first kappa shape index (κ1) is 18.2. The van der Waals surface area contributed by atoms with Gasteiger partial charge in [-0.25, -0.2) is 12.8 Å². The molecule has 1 unspecified atom stereocenters. The fraction of sp³-hybridized carbons (Fsp3) is 0.611. The SMILES string of the molecule is CCNC(=NCC1(c2ccc(F)cc2)CCC1)NC1CCS(=O)(=O)C1. The van der Waals surface area contributed by atoms with Crippen LogP contribution in [-0.2, 0) is 15.3 Å². The Morgan fingerprint density at radius 3 is 2.56 bits per heavy atom. The van der Waals surface area contributed by atoms with Crippen molar-refractivity contribution in [3.05, 3.63) is 35.6 Å². The fourth-order valence-corrected chi connectivity index (χ4v) is 5.27. The van der Waals surface area contributed by atoms with Crippen molar-refractivity contribution in [1.29, 1.82) is 0 Å². The molecule has 1 heterocycles. The zero-order valence-corrected chi connectivity index (χ0v) is 15.4. The van der Waals surface area contributed by atoms with Gasteiger partial charge in [0.15, 0.2) is 15.8 Å². The molecule has 0 bridgehead atoms. The molecule has 1 aliphatic carbocycles. The molecule has 0 aromatic heterocycles. The highest BCUT2D eigenvalue weighted by molar-refractivity contribution is 7.91. The second-order valence-corrected chi connectivity index (χ2v) is 9.31. The third-order valence-corrected chi connectivity index (χ3v) is 6.99. The van der Waals surface area contributed by atoms with Crippen molar-refractivity contribution in [2.45, 2.75) is 44.1 Å². The molecule has 0 radical (unpaired) electrons. The van der Waals surface area contributed by atoms with Gasteiger partial charge >= 0.3 is 0 Å². The summed E-state index contributed by atoms with van der Waals surface area (Å²) in [5.41, 5.74) is 1.10. The van der Waals surface area contributed by atoms with Crippen LogP contribution in [0.5, 0.6) is 0 Å². The number of nitrogens with zero attached hydrogens (tertiary/aromatic N) is 1. The number of rotatable bonds is 5. The highest BCUT2D eigenvalue weighted by atomic mass is 32.2. The van der Waals surface area contributed by atoms with E-state index in [0.29, 0.717) is 18.9 Å². The molecule has 0 spiro atoms. The monoisotopic (exact) mass is 367 g/mol. The van der Waals surface area contributed by atoms with Gasteiger partial charge in [-0.1, -0.05) is 18.6 Å². The maximum absolute atomic E-state index is 13.2. The average molecular weight is 367 g/mol. The largest absolute Gasteiger partial charge is 0.357 e. The van der Waals surface area contributed by atoms with Gasteiger partial charge in [-0.2, -0.15) is 0 Å². The van der Waals surface area contributed by atoms with Crippen LogP contribution in [0.4, 0.5) is 4.39 Å². The number of halogens is 1. The first-order chi connectivity index (χ1) is 11.9. The smallest absolute Gasteiger partial charge is 0.191 e. The quantitative estimate of drug-likeness (QED) is 0.617.